The Bertz CT molecular complexity index is 147. The van der Waals surface area contributed by atoms with E-state index in [0.29, 0.717) is 6.42 Å². The Kier molecular flexibility index (Phi) is 1.68. The van der Waals surface area contributed by atoms with Crippen LogP contribution in [0.15, 0.2) is 0 Å². The van der Waals surface area contributed by atoms with Gasteiger partial charge in [-0.25, -0.2) is 0 Å². The molecule has 0 saturated carbocycles. The molecular weight excluding hydrogens is 132 g/mol. The van der Waals surface area contributed by atoms with Gasteiger partial charge in [-0.1, -0.05) is 0 Å². The molecule has 1 rings (SSSR count). The van der Waals surface area contributed by atoms with Gasteiger partial charge in [0.15, 0.2) is 0 Å². The number of hydrogen-bond donors (Lipinski definition) is 1. The summed E-state index contributed by atoms with van der Waals surface area (Å²) in [6.07, 6.45) is 0.827. The molecule has 1 aliphatic heterocycles. The van der Waals surface area contributed by atoms with Crippen molar-refractivity contribution in [2.45, 2.75) is 26.4 Å². The Balaban J connectivity index is 2.40. The van der Waals surface area contributed by atoms with Crippen LogP contribution < -0.4 is 0 Å². The lowest BCUT2D eigenvalue weighted by Crippen LogP contribution is -2.25. The van der Waals surface area contributed by atoms with Crippen LogP contribution in [-0.4, -0.2) is 23.8 Å². The van der Waals surface area contributed by atoms with Crippen molar-refractivity contribution in [1.29, 1.82) is 0 Å². The number of ether oxygens (including phenoxy) is 1. The van der Waals surface area contributed by atoms with Crippen molar-refractivity contribution in [1.82, 2.24) is 0 Å². The number of carboxylic acid groups (broad SMARTS) is 1. The zero-order chi connectivity index (χ0) is 7.78. The molecule has 3 heteroatoms. The second-order valence-electron chi connectivity index (χ2n) is 3.35. The molecule has 1 aliphatic rings. The highest BCUT2D eigenvalue weighted by Crippen LogP contribution is 2.28. The first-order chi connectivity index (χ1) is 4.52. The summed E-state index contributed by atoms with van der Waals surface area (Å²) < 4.78 is 4.93. The third-order valence-corrected chi connectivity index (χ3v) is 1.72. The lowest BCUT2D eigenvalue weighted by molar-refractivity contribution is -0.147. The molecule has 1 atom stereocenters. The molecule has 0 radical (unpaired) electrons. The van der Waals surface area contributed by atoms with Crippen molar-refractivity contribution < 1.29 is 14.6 Å². The fourth-order valence-electron chi connectivity index (χ4n) is 0.842. The zero-order valence-corrected chi connectivity index (χ0v) is 6.26. The molecule has 0 aromatic carbocycles. The second-order valence-corrected chi connectivity index (χ2v) is 3.35. The van der Waals surface area contributed by atoms with Crippen molar-refractivity contribution in [3.63, 3.8) is 0 Å². The summed E-state index contributed by atoms with van der Waals surface area (Å²) in [6.45, 7) is 4.17. The third-order valence-electron chi connectivity index (χ3n) is 1.72. The second kappa shape index (κ2) is 2.23. The molecule has 58 valence electrons. The predicted octanol–water partition coefficient (Wildman–Crippen LogP) is 0.886. The van der Waals surface area contributed by atoms with Gasteiger partial charge >= 0.3 is 5.97 Å². The average molecular weight is 144 g/mol. The number of epoxide rings is 1. The highest BCUT2D eigenvalue weighted by molar-refractivity contribution is 5.73. The van der Waals surface area contributed by atoms with Crippen LogP contribution >= 0.6 is 0 Å². The van der Waals surface area contributed by atoms with Crippen LogP contribution in [-0.2, 0) is 9.53 Å². The molecule has 1 heterocycles. The minimum Gasteiger partial charge on any atom is -0.481 e. The summed E-state index contributed by atoms with van der Waals surface area (Å²) in [4.78, 5) is 10.5. The molecule has 3 nitrogen and oxygen atoms in total. The van der Waals surface area contributed by atoms with Gasteiger partial charge in [-0.15, -0.1) is 0 Å². The van der Waals surface area contributed by atoms with Gasteiger partial charge in [-0.05, 0) is 20.3 Å². The molecular formula is C7H12O3. The molecule has 10 heavy (non-hydrogen) atoms. The first kappa shape index (κ1) is 7.54. The van der Waals surface area contributed by atoms with E-state index in [0.717, 1.165) is 6.61 Å². The predicted molar refractivity (Wildman–Crippen MR) is 35.8 cm³/mol. The maximum Gasteiger partial charge on any atom is 0.309 e. The number of carboxylic acids is 1. The first-order valence-electron chi connectivity index (χ1n) is 3.37. The van der Waals surface area contributed by atoms with Gasteiger partial charge in [-0.3, -0.25) is 4.79 Å². The van der Waals surface area contributed by atoms with Gasteiger partial charge in [0, 0.05) is 0 Å². The van der Waals surface area contributed by atoms with Crippen molar-refractivity contribution >= 4 is 5.97 Å². The van der Waals surface area contributed by atoms with Crippen molar-refractivity contribution in [2.75, 3.05) is 6.61 Å². The van der Waals surface area contributed by atoms with E-state index in [4.69, 9.17) is 9.84 Å². The average Bonchev–Trinajstić information content (AvgIpc) is 2.48. The lowest BCUT2D eigenvalue weighted by Gasteiger charge is -2.16. The summed E-state index contributed by atoms with van der Waals surface area (Å²) in [5.41, 5.74) is -0.624. The maximum atomic E-state index is 10.5. The van der Waals surface area contributed by atoms with E-state index in [1.807, 2.05) is 0 Å². The van der Waals surface area contributed by atoms with Gasteiger partial charge in [0.1, 0.15) is 0 Å². The SMILES string of the molecule is CC(C)(C[C@H]1CO1)C(=O)O. The monoisotopic (exact) mass is 144 g/mol. The number of hydrogen-bond acceptors (Lipinski definition) is 2. The fraction of sp³-hybridized carbons (Fsp3) is 0.857. The van der Waals surface area contributed by atoms with Gasteiger partial charge in [-0.2, -0.15) is 0 Å². The Labute approximate surface area is 60.0 Å². The van der Waals surface area contributed by atoms with Crippen LogP contribution in [0, 0.1) is 5.41 Å². The van der Waals surface area contributed by atoms with Crippen LogP contribution in [0.2, 0.25) is 0 Å². The highest BCUT2D eigenvalue weighted by Gasteiger charge is 2.36. The minimum absolute atomic E-state index is 0.200. The van der Waals surface area contributed by atoms with Crippen LogP contribution in [0.25, 0.3) is 0 Å². The van der Waals surface area contributed by atoms with E-state index in [1.165, 1.54) is 0 Å². The fourth-order valence-corrected chi connectivity index (χ4v) is 0.842. The van der Waals surface area contributed by atoms with E-state index in [1.54, 1.807) is 13.8 Å². The molecule has 0 aliphatic carbocycles. The molecule has 0 spiro atoms. The van der Waals surface area contributed by atoms with E-state index in [-0.39, 0.29) is 6.10 Å². The summed E-state index contributed by atoms with van der Waals surface area (Å²) in [7, 11) is 0. The van der Waals surface area contributed by atoms with E-state index >= 15 is 0 Å². The smallest absolute Gasteiger partial charge is 0.309 e. The molecule has 0 aromatic heterocycles. The number of rotatable bonds is 3. The Morgan fingerprint density at radius 2 is 2.30 bits per heavy atom. The topological polar surface area (TPSA) is 49.8 Å². The molecule has 0 amide bonds. The Morgan fingerprint density at radius 3 is 2.60 bits per heavy atom. The van der Waals surface area contributed by atoms with Crippen LogP contribution in [0.4, 0.5) is 0 Å². The highest BCUT2D eigenvalue weighted by atomic mass is 16.6. The molecule has 0 unspecified atom stereocenters. The van der Waals surface area contributed by atoms with E-state index in [2.05, 4.69) is 0 Å². The van der Waals surface area contributed by atoms with E-state index < -0.39 is 11.4 Å². The molecule has 0 aromatic rings. The van der Waals surface area contributed by atoms with Gasteiger partial charge in [0.2, 0.25) is 0 Å². The van der Waals surface area contributed by atoms with Crippen molar-refractivity contribution in [3.8, 4) is 0 Å². The van der Waals surface area contributed by atoms with Crippen LogP contribution in [0.3, 0.4) is 0 Å². The number of carbonyl (C=O) groups is 1. The lowest BCUT2D eigenvalue weighted by atomic mass is 9.88. The largest absolute Gasteiger partial charge is 0.481 e. The quantitative estimate of drug-likeness (QED) is 0.598. The van der Waals surface area contributed by atoms with Crippen molar-refractivity contribution in [2.24, 2.45) is 5.41 Å². The third kappa shape index (κ3) is 1.70. The Morgan fingerprint density at radius 1 is 1.80 bits per heavy atom. The van der Waals surface area contributed by atoms with Crippen molar-refractivity contribution in [3.05, 3.63) is 0 Å². The summed E-state index contributed by atoms with van der Waals surface area (Å²) in [5, 5.41) is 8.66. The number of aliphatic carboxylic acids is 1. The molecule has 0 bridgehead atoms. The standard InChI is InChI=1S/C7H12O3/c1-7(2,6(8)9)3-5-4-10-5/h5H,3-4H2,1-2H3,(H,8,9)/t5-/m0/s1. The minimum atomic E-state index is -0.747. The normalized spacial score (nSPS) is 24.4. The first-order valence-corrected chi connectivity index (χ1v) is 3.37. The summed E-state index contributed by atoms with van der Waals surface area (Å²) >= 11 is 0. The molecule has 1 fully saturated rings. The Hall–Kier alpha value is -0.570. The summed E-state index contributed by atoms with van der Waals surface area (Å²) in [6, 6.07) is 0. The van der Waals surface area contributed by atoms with Gasteiger partial charge in [0.25, 0.3) is 0 Å². The molecule has 1 saturated heterocycles. The van der Waals surface area contributed by atoms with Gasteiger partial charge < -0.3 is 9.84 Å². The van der Waals surface area contributed by atoms with Crippen LogP contribution in [0.5, 0.6) is 0 Å². The molecule has 1 N–H and O–H groups in total. The summed E-state index contributed by atoms with van der Waals surface area (Å²) in [5.74, 6) is -0.747. The zero-order valence-electron chi connectivity index (χ0n) is 6.26. The van der Waals surface area contributed by atoms with Gasteiger partial charge in [0.05, 0.1) is 18.1 Å². The van der Waals surface area contributed by atoms with Crippen LogP contribution in [0.1, 0.15) is 20.3 Å². The maximum absolute atomic E-state index is 10.5. The van der Waals surface area contributed by atoms with E-state index in [9.17, 15) is 4.79 Å².